The Morgan fingerprint density at radius 3 is 2.22 bits per heavy atom. The van der Waals surface area contributed by atoms with Gasteiger partial charge in [-0.15, -0.1) is 0 Å². The highest BCUT2D eigenvalue weighted by atomic mass is 16.3. The number of hydrogen-bond donors (Lipinski definition) is 3. The van der Waals surface area contributed by atoms with Gasteiger partial charge in [-0.05, 0) is 37.2 Å². The third-order valence-corrected chi connectivity index (χ3v) is 3.80. The molecule has 130 valence electrons. The Morgan fingerprint density at radius 2 is 1.83 bits per heavy atom. The molecule has 0 aromatic carbocycles. The lowest BCUT2D eigenvalue weighted by Crippen LogP contribution is -2.40. The summed E-state index contributed by atoms with van der Waals surface area (Å²) in [7, 11) is 0. The number of aliphatic hydroxyl groups is 1. The van der Waals surface area contributed by atoms with Crippen molar-refractivity contribution in [3.63, 3.8) is 0 Å². The van der Waals surface area contributed by atoms with Crippen LogP contribution >= 0.6 is 0 Å². The Bertz CT molecular complexity index is 580. The summed E-state index contributed by atoms with van der Waals surface area (Å²) in [6.07, 6.45) is 0.672. The van der Waals surface area contributed by atoms with E-state index in [1.807, 2.05) is 13.8 Å². The van der Waals surface area contributed by atoms with Crippen LogP contribution in [0.1, 0.15) is 86.0 Å². The highest BCUT2D eigenvalue weighted by Gasteiger charge is 2.27. The lowest BCUT2D eigenvalue weighted by Gasteiger charge is -2.25. The fourth-order valence-electron chi connectivity index (χ4n) is 3.01. The minimum atomic E-state index is -0.313. The molecule has 1 atom stereocenters. The molecule has 3 N–H and O–H groups in total. The molecule has 0 saturated carbocycles. The quantitative estimate of drug-likeness (QED) is 0.704. The molecule has 1 aromatic rings. The highest BCUT2D eigenvalue weighted by molar-refractivity contribution is 6.03. The fourth-order valence-corrected chi connectivity index (χ4v) is 3.01. The van der Waals surface area contributed by atoms with E-state index < -0.39 is 0 Å². The van der Waals surface area contributed by atoms with Gasteiger partial charge < -0.3 is 15.4 Å². The Hall–Kier alpha value is -1.62. The minimum absolute atomic E-state index is 0.00223. The molecule has 0 fully saturated rings. The molecule has 5 nitrogen and oxygen atoms in total. The second-order valence-corrected chi connectivity index (χ2v) is 7.74. The van der Waals surface area contributed by atoms with Crippen molar-refractivity contribution >= 4 is 11.7 Å². The zero-order valence-corrected chi connectivity index (χ0v) is 15.3. The zero-order valence-electron chi connectivity index (χ0n) is 15.3. The molecular weight excluding hydrogens is 292 g/mol. The Kier molecular flexibility index (Phi) is 6.17. The topological polar surface area (TPSA) is 82.2 Å². The predicted octanol–water partition coefficient (Wildman–Crippen LogP) is 3.18. The number of carbonyl (C=O) groups is 2. The maximum absolute atomic E-state index is 12.6. The summed E-state index contributed by atoms with van der Waals surface area (Å²) in [5.74, 6) is -0.266. The van der Waals surface area contributed by atoms with Crippen molar-refractivity contribution in [1.82, 2.24) is 10.3 Å². The van der Waals surface area contributed by atoms with Gasteiger partial charge in [-0.25, -0.2) is 0 Å². The fraction of sp³-hybridized carbons (Fsp3) is 0.667. The number of aryl methyl sites for hydroxylation is 1. The molecule has 0 aliphatic rings. The van der Waals surface area contributed by atoms with E-state index in [0.29, 0.717) is 23.4 Å². The Morgan fingerprint density at radius 1 is 1.26 bits per heavy atom. The summed E-state index contributed by atoms with van der Waals surface area (Å²) < 4.78 is 0. The normalized spacial score (nSPS) is 13.3. The first-order chi connectivity index (χ1) is 10.5. The third-order valence-electron chi connectivity index (χ3n) is 3.80. The van der Waals surface area contributed by atoms with Crippen LogP contribution in [0.3, 0.4) is 0 Å². The number of aromatic amines is 1. The van der Waals surface area contributed by atoms with E-state index >= 15 is 0 Å². The van der Waals surface area contributed by atoms with Gasteiger partial charge in [0.2, 0.25) is 0 Å². The molecule has 1 heterocycles. The van der Waals surface area contributed by atoms with Crippen molar-refractivity contribution in [3.05, 3.63) is 22.5 Å². The number of carbonyl (C=O) groups excluding carboxylic acids is 2. The molecule has 0 radical (unpaired) electrons. The molecule has 0 saturated heterocycles. The van der Waals surface area contributed by atoms with Crippen molar-refractivity contribution in [2.24, 2.45) is 5.41 Å². The van der Waals surface area contributed by atoms with Gasteiger partial charge in [0.15, 0.2) is 5.78 Å². The lowest BCUT2D eigenvalue weighted by atomic mass is 9.88. The molecule has 1 amide bonds. The SMILES string of the molecule is CC(=O)c1c(C)[nH]c(C(=O)NC(CO)CC(C)(C)C)c1C(C)C. The Balaban J connectivity index is 3.13. The minimum Gasteiger partial charge on any atom is -0.394 e. The molecule has 1 rings (SSSR count). The van der Waals surface area contributed by atoms with Gasteiger partial charge in [0.25, 0.3) is 5.91 Å². The number of aliphatic hydroxyl groups excluding tert-OH is 1. The van der Waals surface area contributed by atoms with E-state index in [4.69, 9.17) is 0 Å². The predicted molar refractivity (Wildman–Crippen MR) is 92.0 cm³/mol. The number of rotatable bonds is 6. The maximum Gasteiger partial charge on any atom is 0.268 e. The molecule has 0 aliphatic carbocycles. The van der Waals surface area contributed by atoms with Crippen LogP contribution < -0.4 is 5.32 Å². The standard InChI is InChI=1S/C18H30N2O3/c1-10(2)14-15(12(4)22)11(3)19-16(14)17(23)20-13(9-21)8-18(5,6)7/h10,13,19,21H,8-9H2,1-7H3,(H,20,23). The molecule has 0 bridgehead atoms. The van der Waals surface area contributed by atoms with Gasteiger partial charge in [-0.1, -0.05) is 34.6 Å². The second kappa shape index (κ2) is 7.30. The number of hydrogen-bond acceptors (Lipinski definition) is 3. The first kappa shape index (κ1) is 19.4. The van der Waals surface area contributed by atoms with Gasteiger partial charge in [-0.2, -0.15) is 0 Å². The first-order valence-electron chi connectivity index (χ1n) is 8.13. The van der Waals surface area contributed by atoms with Crippen LogP contribution in [0.4, 0.5) is 0 Å². The summed E-state index contributed by atoms with van der Waals surface area (Å²) in [6, 6.07) is -0.313. The van der Waals surface area contributed by atoms with Gasteiger partial charge in [0.05, 0.1) is 12.6 Å². The third kappa shape index (κ3) is 4.93. The van der Waals surface area contributed by atoms with Gasteiger partial charge >= 0.3 is 0 Å². The van der Waals surface area contributed by atoms with E-state index in [9.17, 15) is 14.7 Å². The number of Topliss-reactive ketones (excluding diaryl/α,β-unsaturated/α-hetero) is 1. The maximum atomic E-state index is 12.6. The zero-order chi connectivity index (χ0) is 17.9. The van der Waals surface area contributed by atoms with Crippen LogP contribution in [0.2, 0.25) is 0 Å². The number of aromatic nitrogens is 1. The van der Waals surface area contributed by atoms with Gasteiger partial charge in [-0.3, -0.25) is 9.59 Å². The molecule has 1 aromatic heterocycles. The van der Waals surface area contributed by atoms with E-state index in [2.05, 4.69) is 31.1 Å². The van der Waals surface area contributed by atoms with Crippen molar-refractivity contribution in [3.8, 4) is 0 Å². The molecule has 23 heavy (non-hydrogen) atoms. The average Bonchev–Trinajstić information content (AvgIpc) is 2.74. The number of ketones is 1. The van der Waals surface area contributed by atoms with Crippen LogP contribution in [0.15, 0.2) is 0 Å². The summed E-state index contributed by atoms with van der Waals surface area (Å²) in [5.41, 5.74) is 2.48. The molecule has 0 aliphatic heterocycles. The average molecular weight is 322 g/mol. The lowest BCUT2D eigenvalue weighted by molar-refractivity contribution is 0.0891. The largest absolute Gasteiger partial charge is 0.394 e. The smallest absolute Gasteiger partial charge is 0.268 e. The van der Waals surface area contributed by atoms with Crippen molar-refractivity contribution < 1.29 is 14.7 Å². The second-order valence-electron chi connectivity index (χ2n) is 7.74. The molecule has 1 unspecified atom stereocenters. The molecule has 0 spiro atoms. The first-order valence-corrected chi connectivity index (χ1v) is 8.13. The molecular formula is C18H30N2O3. The van der Waals surface area contributed by atoms with Crippen molar-refractivity contribution in [2.45, 2.75) is 66.8 Å². The van der Waals surface area contributed by atoms with E-state index in [-0.39, 0.29) is 35.7 Å². The molecule has 5 heteroatoms. The number of amides is 1. The van der Waals surface area contributed by atoms with Crippen molar-refractivity contribution in [2.75, 3.05) is 6.61 Å². The van der Waals surface area contributed by atoms with Crippen molar-refractivity contribution in [1.29, 1.82) is 0 Å². The summed E-state index contributed by atoms with van der Waals surface area (Å²) >= 11 is 0. The summed E-state index contributed by atoms with van der Waals surface area (Å²) in [6.45, 7) is 13.3. The van der Waals surface area contributed by atoms with Crippen LogP contribution in [0.25, 0.3) is 0 Å². The number of H-pyrrole nitrogens is 1. The van der Waals surface area contributed by atoms with Crippen LogP contribution in [-0.2, 0) is 0 Å². The summed E-state index contributed by atoms with van der Waals surface area (Å²) in [5, 5.41) is 12.4. The monoisotopic (exact) mass is 322 g/mol. The highest BCUT2D eigenvalue weighted by Crippen LogP contribution is 2.28. The number of nitrogens with one attached hydrogen (secondary N) is 2. The van der Waals surface area contributed by atoms with E-state index in [1.165, 1.54) is 6.92 Å². The van der Waals surface area contributed by atoms with Gasteiger partial charge in [0, 0.05) is 11.3 Å². The van der Waals surface area contributed by atoms with Crippen LogP contribution in [-0.4, -0.2) is 34.4 Å². The van der Waals surface area contributed by atoms with Gasteiger partial charge in [0.1, 0.15) is 5.69 Å². The Labute approximate surface area is 138 Å². The van der Waals surface area contributed by atoms with E-state index in [1.54, 1.807) is 6.92 Å². The van der Waals surface area contributed by atoms with Crippen LogP contribution in [0.5, 0.6) is 0 Å². The van der Waals surface area contributed by atoms with Crippen LogP contribution in [0, 0.1) is 12.3 Å². The summed E-state index contributed by atoms with van der Waals surface area (Å²) in [4.78, 5) is 27.6. The van der Waals surface area contributed by atoms with E-state index in [0.717, 1.165) is 5.56 Å².